The van der Waals surface area contributed by atoms with Gasteiger partial charge in [0, 0.05) is 25.6 Å². The van der Waals surface area contributed by atoms with E-state index in [4.69, 9.17) is 9.15 Å². The molecule has 0 bridgehead atoms. The van der Waals surface area contributed by atoms with Crippen LogP contribution in [0, 0.1) is 5.92 Å². The molecule has 3 rings (SSSR count). The van der Waals surface area contributed by atoms with Crippen LogP contribution in [0.1, 0.15) is 43.9 Å². The molecule has 1 amide bonds. The number of amides is 1. The SMILES string of the molecule is O=C(NC[C@H](c1ccco1)N1CCOCC1)C1CCCCC1. The summed E-state index contributed by atoms with van der Waals surface area (Å²) in [6, 6.07) is 4.00. The molecule has 122 valence electrons. The maximum Gasteiger partial charge on any atom is 0.223 e. The summed E-state index contributed by atoms with van der Waals surface area (Å²) in [4.78, 5) is 14.7. The molecular weight excluding hydrogens is 280 g/mol. The molecule has 5 nitrogen and oxygen atoms in total. The molecule has 0 radical (unpaired) electrons. The molecule has 1 aromatic heterocycles. The van der Waals surface area contributed by atoms with Gasteiger partial charge in [0.15, 0.2) is 0 Å². The fourth-order valence-corrected chi connectivity index (χ4v) is 3.49. The van der Waals surface area contributed by atoms with Crippen LogP contribution in [0.2, 0.25) is 0 Å². The van der Waals surface area contributed by atoms with Crippen molar-refractivity contribution >= 4 is 5.91 Å². The van der Waals surface area contributed by atoms with Crippen molar-refractivity contribution in [1.29, 1.82) is 0 Å². The van der Waals surface area contributed by atoms with E-state index in [0.29, 0.717) is 6.54 Å². The number of carbonyl (C=O) groups is 1. The molecule has 1 saturated carbocycles. The fourth-order valence-electron chi connectivity index (χ4n) is 3.49. The average Bonchev–Trinajstić information content (AvgIpc) is 3.11. The first-order chi connectivity index (χ1) is 10.8. The Morgan fingerprint density at radius 1 is 1.27 bits per heavy atom. The van der Waals surface area contributed by atoms with Crippen LogP contribution >= 0.6 is 0 Å². The topological polar surface area (TPSA) is 54.7 Å². The van der Waals surface area contributed by atoms with E-state index in [1.807, 2.05) is 12.1 Å². The molecule has 1 aliphatic heterocycles. The second kappa shape index (κ2) is 7.79. The Kier molecular flexibility index (Phi) is 5.51. The molecule has 0 aromatic carbocycles. The number of carbonyl (C=O) groups excluding carboxylic acids is 1. The van der Waals surface area contributed by atoms with E-state index < -0.39 is 0 Å². The molecule has 1 aliphatic carbocycles. The Bertz CT molecular complexity index is 448. The molecule has 1 saturated heterocycles. The van der Waals surface area contributed by atoms with Crippen LogP contribution in [0.15, 0.2) is 22.8 Å². The highest BCUT2D eigenvalue weighted by Crippen LogP contribution is 2.25. The molecule has 22 heavy (non-hydrogen) atoms. The van der Waals surface area contributed by atoms with Gasteiger partial charge in [0.25, 0.3) is 0 Å². The second-order valence-corrected chi connectivity index (χ2v) is 6.26. The minimum Gasteiger partial charge on any atom is -0.468 e. The van der Waals surface area contributed by atoms with Crippen molar-refractivity contribution in [3.8, 4) is 0 Å². The predicted octanol–water partition coefficient (Wildman–Crippen LogP) is 2.35. The number of nitrogens with one attached hydrogen (secondary N) is 1. The largest absolute Gasteiger partial charge is 0.468 e. The molecule has 2 heterocycles. The van der Waals surface area contributed by atoms with Gasteiger partial charge in [-0.05, 0) is 25.0 Å². The lowest BCUT2D eigenvalue weighted by molar-refractivity contribution is -0.126. The Morgan fingerprint density at radius 3 is 2.73 bits per heavy atom. The van der Waals surface area contributed by atoms with E-state index >= 15 is 0 Å². The minimum absolute atomic E-state index is 0.103. The van der Waals surface area contributed by atoms with E-state index in [1.165, 1.54) is 19.3 Å². The third-order valence-electron chi connectivity index (χ3n) is 4.80. The number of hydrogen-bond donors (Lipinski definition) is 1. The van der Waals surface area contributed by atoms with E-state index in [0.717, 1.165) is 44.9 Å². The first kappa shape index (κ1) is 15.6. The number of morpholine rings is 1. The van der Waals surface area contributed by atoms with Gasteiger partial charge in [-0.15, -0.1) is 0 Å². The van der Waals surface area contributed by atoms with Gasteiger partial charge in [-0.2, -0.15) is 0 Å². The summed E-state index contributed by atoms with van der Waals surface area (Å²) in [6.07, 6.45) is 7.41. The molecule has 1 N–H and O–H groups in total. The summed E-state index contributed by atoms with van der Waals surface area (Å²) in [6.45, 7) is 3.86. The summed E-state index contributed by atoms with van der Waals surface area (Å²) < 4.78 is 11.0. The number of rotatable bonds is 5. The van der Waals surface area contributed by atoms with Crippen LogP contribution < -0.4 is 5.32 Å². The zero-order valence-electron chi connectivity index (χ0n) is 13.1. The normalized spacial score (nSPS) is 22.4. The number of nitrogens with zero attached hydrogens (tertiary/aromatic N) is 1. The van der Waals surface area contributed by atoms with Gasteiger partial charge in [-0.1, -0.05) is 19.3 Å². The van der Waals surface area contributed by atoms with Crippen molar-refractivity contribution in [2.75, 3.05) is 32.8 Å². The Hall–Kier alpha value is -1.33. The smallest absolute Gasteiger partial charge is 0.223 e. The van der Waals surface area contributed by atoms with Crippen LogP contribution in [0.5, 0.6) is 0 Å². The maximum absolute atomic E-state index is 12.4. The van der Waals surface area contributed by atoms with Gasteiger partial charge < -0.3 is 14.5 Å². The lowest BCUT2D eigenvalue weighted by atomic mass is 9.88. The van der Waals surface area contributed by atoms with Crippen molar-refractivity contribution in [3.05, 3.63) is 24.2 Å². The van der Waals surface area contributed by atoms with Gasteiger partial charge >= 0.3 is 0 Å². The second-order valence-electron chi connectivity index (χ2n) is 6.26. The lowest BCUT2D eigenvalue weighted by Gasteiger charge is -2.33. The third kappa shape index (κ3) is 3.90. The van der Waals surface area contributed by atoms with E-state index in [-0.39, 0.29) is 17.9 Å². The molecular formula is C17H26N2O3. The van der Waals surface area contributed by atoms with Gasteiger partial charge in [0.05, 0.1) is 25.5 Å². The summed E-state index contributed by atoms with van der Waals surface area (Å²) in [5, 5.41) is 3.16. The van der Waals surface area contributed by atoms with Crippen molar-refractivity contribution in [2.45, 2.75) is 38.1 Å². The number of furan rings is 1. The number of hydrogen-bond acceptors (Lipinski definition) is 4. The molecule has 0 spiro atoms. The summed E-state index contributed by atoms with van der Waals surface area (Å²) >= 11 is 0. The van der Waals surface area contributed by atoms with E-state index in [2.05, 4.69) is 10.2 Å². The highest BCUT2D eigenvalue weighted by Gasteiger charge is 2.27. The third-order valence-corrected chi connectivity index (χ3v) is 4.80. The zero-order valence-corrected chi connectivity index (χ0v) is 13.1. The number of ether oxygens (including phenoxy) is 1. The first-order valence-corrected chi connectivity index (χ1v) is 8.47. The molecule has 5 heteroatoms. The predicted molar refractivity (Wildman–Crippen MR) is 83.4 cm³/mol. The molecule has 2 aliphatic rings. The Balaban J connectivity index is 1.58. The van der Waals surface area contributed by atoms with Gasteiger partial charge in [0.2, 0.25) is 5.91 Å². The van der Waals surface area contributed by atoms with Crippen molar-refractivity contribution in [1.82, 2.24) is 10.2 Å². The Morgan fingerprint density at radius 2 is 2.05 bits per heavy atom. The first-order valence-electron chi connectivity index (χ1n) is 8.47. The maximum atomic E-state index is 12.4. The Labute approximate surface area is 132 Å². The molecule has 1 atom stereocenters. The van der Waals surface area contributed by atoms with Crippen LogP contribution in [-0.2, 0) is 9.53 Å². The average molecular weight is 306 g/mol. The quantitative estimate of drug-likeness (QED) is 0.907. The van der Waals surface area contributed by atoms with Crippen LogP contribution in [-0.4, -0.2) is 43.7 Å². The van der Waals surface area contributed by atoms with Crippen LogP contribution in [0.3, 0.4) is 0 Å². The highest BCUT2D eigenvalue weighted by molar-refractivity contribution is 5.78. The summed E-state index contributed by atoms with van der Waals surface area (Å²) in [5.74, 6) is 1.34. The zero-order chi connectivity index (χ0) is 15.2. The molecule has 2 fully saturated rings. The van der Waals surface area contributed by atoms with Crippen molar-refractivity contribution in [3.63, 3.8) is 0 Å². The van der Waals surface area contributed by atoms with Crippen molar-refractivity contribution in [2.24, 2.45) is 5.92 Å². The molecule has 0 unspecified atom stereocenters. The van der Waals surface area contributed by atoms with E-state index in [1.54, 1.807) is 6.26 Å². The van der Waals surface area contributed by atoms with Crippen LogP contribution in [0.4, 0.5) is 0 Å². The summed E-state index contributed by atoms with van der Waals surface area (Å²) in [7, 11) is 0. The highest BCUT2D eigenvalue weighted by atomic mass is 16.5. The minimum atomic E-state index is 0.103. The summed E-state index contributed by atoms with van der Waals surface area (Å²) in [5.41, 5.74) is 0. The van der Waals surface area contributed by atoms with Crippen LogP contribution in [0.25, 0.3) is 0 Å². The van der Waals surface area contributed by atoms with E-state index in [9.17, 15) is 4.79 Å². The monoisotopic (exact) mass is 306 g/mol. The van der Waals surface area contributed by atoms with Gasteiger partial charge in [0.1, 0.15) is 5.76 Å². The lowest BCUT2D eigenvalue weighted by Crippen LogP contribution is -2.44. The molecule has 1 aromatic rings. The van der Waals surface area contributed by atoms with Gasteiger partial charge in [-0.3, -0.25) is 9.69 Å². The van der Waals surface area contributed by atoms with Crippen molar-refractivity contribution < 1.29 is 13.9 Å². The standard InChI is InChI=1S/C17H26N2O3/c20-17(14-5-2-1-3-6-14)18-13-15(16-7-4-10-22-16)19-8-11-21-12-9-19/h4,7,10,14-15H,1-3,5-6,8-9,11-13H2,(H,18,20)/t15-/m1/s1. The fraction of sp³-hybridized carbons (Fsp3) is 0.706. The van der Waals surface area contributed by atoms with Gasteiger partial charge in [-0.25, -0.2) is 0 Å².